The molecule has 0 aliphatic carbocycles. The van der Waals surface area contributed by atoms with Crippen molar-refractivity contribution >= 4 is 34.9 Å². The van der Waals surface area contributed by atoms with E-state index in [2.05, 4.69) is 70.7 Å². The Hall–Kier alpha value is -2.41. The number of rotatable bonds is 7. The molecular weight excluding hydrogens is 428 g/mol. The number of hydrogen-bond acceptors (Lipinski definition) is 5. The van der Waals surface area contributed by atoms with Crippen LogP contribution in [0.2, 0.25) is 0 Å². The summed E-state index contributed by atoms with van der Waals surface area (Å²) in [5.41, 5.74) is 1.35. The summed E-state index contributed by atoms with van der Waals surface area (Å²) < 4.78 is 0. The Bertz CT molecular complexity index is 897. The lowest BCUT2D eigenvalue weighted by atomic mass is 9.99. The van der Waals surface area contributed by atoms with Crippen molar-refractivity contribution in [3.63, 3.8) is 0 Å². The molecule has 4 rings (SSSR count). The minimum atomic E-state index is 0.499. The predicted molar refractivity (Wildman–Crippen MR) is 142 cm³/mol. The summed E-state index contributed by atoms with van der Waals surface area (Å²) in [7, 11) is 0. The van der Waals surface area contributed by atoms with Gasteiger partial charge in [0.25, 0.3) is 0 Å². The molecule has 1 atom stereocenters. The highest BCUT2D eigenvalue weighted by molar-refractivity contribution is 7.80. The first-order chi connectivity index (χ1) is 16.1. The van der Waals surface area contributed by atoms with Gasteiger partial charge in [0, 0.05) is 38.3 Å². The molecule has 3 heterocycles. The molecule has 178 valence electrons. The van der Waals surface area contributed by atoms with Crippen LogP contribution >= 0.6 is 12.2 Å². The third-order valence-electron chi connectivity index (χ3n) is 6.90. The molecule has 2 fully saturated rings. The van der Waals surface area contributed by atoms with E-state index in [1.807, 2.05) is 0 Å². The second-order valence-electron chi connectivity index (χ2n) is 9.59. The number of nitrogens with one attached hydrogen (secondary N) is 2. The van der Waals surface area contributed by atoms with Gasteiger partial charge in [-0.3, -0.25) is 0 Å². The van der Waals surface area contributed by atoms with Gasteiger partial charge in [-0.1, -0.05) is 37.3 Å². The highest BCUT2D eigenvalue weighted by Gasteiger charge is 2.24. The van der Waals surface area contributed by atoms with Gasteiger partial charge in [-0.2, -0.15) is 9.97 Å². The van der Waals surface area contributed by atoms with E-state index in [9.17, 15) is 0 Å². The van der Waals surface area contributed by atoms with E-state index < -0.39 is 0 Å². The fourth-order valence-electron chi connectivity index (χ4n) is 4.75. The van der Waals surface area contributed by atoms with Gasteiger partial charge in [0.15, 0.2) is 5.11 Å². The Morgan fingerprint density at radius 1 is 1.00 bits per heavy atom. The van der Waals surface area contributed by atoms with Crippen LogP contribution in [0.25, 0.3) is 0 Å². The summed E-state index contributed by atoms with van der Waals surface area (Å²) in [5.74, 6) is 3.41. The maximum Gasteiger partial charge on any atom is 0.232 e. The van der Waals surface area contributed by atoms with E-state index in [1.165, 1.54) is 37.7 Å². The maximum absolute atomic E-state index is 5.57. The maximum atomic E-state index is 5.57. The van der Waals surface area contributed by atoms with Crippen LogP contribution in [0, 0.1) is 5.92 Å². The second kappa shape index (κ2) is 11.6. The van der Waals surface area contributed by atoms with Gasteiger partial charge in [-0.15, -0.1) is 0 Å². The quantitative estimate of drug-likeness (QED) is 0.439. The van der Waals surface area contributed by atoms with E-state index in [4.69, 9.17) is 22.2 Å². The highest BCUT2D eigenvalue weighted by atomic mass is 32.1. The molecule has 7 heteroatoms. The molecule has 1 aromatic carbocycles. The molecule has 2 N–H and O–H groups in total. The average Bonchev–Trinajstić information content (AvgIpc) is 2.83. The van der Waals surface area contributed by atoms with Gasteiger partial charge in [0.2, 0.25) is 5.95 Å². The van der Waals surface area contributed by atoms with Gasteiger partial charge >= 0.3 is 0 Å². The fraction of sp³-hybridized carbons (Fsp3) is 0.577. The number of piperidine rings is 2. The first-order valence-electron chi connectivity index (χ1n) is 12.6. The molecule has 2 aliphatic rings. The minimum Gasteiger partial charge on any atom is -0.362 e. The number of hydrogen-bond donors (Lipinski definition) is 2. The molecule has 0 spiro atoms. The first kappa shape index (κ1) is 23.7. The number of aromatic nitrogens is 2. The van der Waals surface area contributed by atoms with Crippen LogP contribution in [0.5, 0.6) is 0 Å². The zero-order valence-corrected chi connectivity index (χ0v) is 20.9. The van der Waals surface area contributed by atoms with Crippen LogP contribution in [0.1, 0.15) is 57.9 Å². The van der Waals surface area contributed by atoms with Gasteiger partial charge in [0.05, 0.1) is 0 Å². The Morgan fingerprint density at radius 3 is 2.52 bits per heavy atom. The molecule has 2 saturated heterocycles. The average molecular weight is 467 g/mol. The van der Waals surface area contributed by atoms with Crippen molar-refractivity contribution in [3.05, 3.63) is 42.0 Å². The molecule has 33 heavy (non-hydrogen) atoms. The van der Waals surface area contributed by atoms with Crippen LogP contribution in [0.3, 0.4) is 0 Å². The molecule has 0 radical (unpaired) electrons. The van der Waals surface area contributed by atoms with Crippen molar-refractivity contribution in [1.29, 1.82) is 0 Å². The van der Waals surface area contributed by atoms with Crippen LogP contribution in [-0.4, -0.2) is 47.3 Å². The Kier molecular flexibility index (Phi) is 8.37. The molecule has 2 aromatic rings. The van der Waals surface area contributed by atoms with Gasteiger partial charge in [-0.25, -0.2) is 0 Å². The van der Waals surface area contributed by atoms with Crippen molar-refractivity contribution in [2.24, 2.45) is 5.92 Å². The number of aryl methyl sites for hydroxylation is 1. The largest absolute Gasteiger partial charge is 0.362 e. The summed E-state index contributed by atoms with van der Waals surface area (Å²) in [6.07, 6.45) is 8.21. The number of nitrogens with zero attached hydrogens (tertiary/aromatic N) is 4. The number of benzene rings is 1. The molecule has 6 nitrogen and oxygen atoms in total. The molecule has 0 amide bonds. The van der Waals surface area contributed by atoms with E-state index in [1.54, 1.807) is 0 Å². The lowest BCUT2D eigenvalue weighted by Gasteiger charge is -2.36. The topological polar surface area (TPSA) is 56.3 Å². The van der Waals surface area contributed by atoms with Crippen molar-refractivity contribution in [2.45, 2.75) is 64.8 Å². The van der Waals surface area contributed by atoms with Crippen LogP contribution in [0.4, 0.5) is 17.6 Å². The first-order valence-corrected chi connectivity index (χ1v) is 13.0. The summed E-state index contributed by atoms with van der Waals surface area (Å²) in [5, 5.41) is 7.18. The van der Waals surface area contributed by atoms with Gasteiger partial charge < -0.3 is 20.4 Å². The monoisotopic (exact) mass is 466 g/mol. The van der Waals surface area contributed by atoms with Crippen LogP contribution in [0.15, 0.2) is 36.4 Å². The van der Waals surface area contributed by atoms with Crippen LogP contribution in [-0.2, 0) is 6.42 Å². The Morgan fingerprint density at radius 2 is 1.76 bits per heavy atom. The number of thiocarbonyl (C=S) groups is 1. The molecule has 0 bridgehead atoms. The van der Waals surface area contributed by atoms with Crippen molar-refractivity contribution in [2.75, 3.05) is 41.3 Å². The van der Waals surface area contributed by atoms with Gasteiger partial charge in [0.1, 0.15) is 11.6 Å². The lowest BCUT2D eigenvalue weighted by Crippen LogP contribution is -2.39. The van der Waals surface area contributed by atoms with E-state index in [-0.39, 0.29) is 0 Å². The number of anilines is 3. The fourth-order valence-corrected chi connectivity index (χ4v) is 4.94. The highest BCUT2D eigenvalue weighted by Crippen LogP contribution is 2.29. The van der Waals surface area contributed by atoms with Crippen molar-refractivity contribution < 1.29 is 0 Å². The Balaban J connectivity index is 1.41. The van der Waals surface area contributed by atoms with Gasteiger partial charge in [-0.05, 0) is 75.6 Å². The zero-order chi connectivity index (χ0) is 23.0. The summed E-state index contributed by atoms with van der Waals surface area (Å²) in [4.78, 5) is 14.6. The van der Waals surface area contributed by atoms with Crippen LogP contribution < -0.4 is 20.4 Å². The Labute approximate surface area is 204 Å². The normalized spacial score (nSPS) is 19.4. The molecule has 0 saturated carbocycles. The van der Waals surface area contributed by atoms with Crippen molar-refractivity contribution in [1.82, 2.24) is 15.3 Å². The zero-order valence-electron chi connectivity index (χ0n) is 20.1. The van der Waals surface area contributed by atoms with E-state index >= 15 is 0 Å². The van der Waals surface area contributed by atoms with E-state index in [0.717, 1.165) is 56.6 Å². The minimum absolute atomic E-state index is 0.499. The smallest absolute Gasteiger partial charge is 0.232 e. The third-order valence-corrected chi connectivity index (χ3v) is 7.15. The SMILES string of the molecule is CC1CCN(c2cc(N3CCCCC3C)nc(NC(=S)NCCCc3ccccc3)n2)CC1. The molecule has 2 aliphatic heterocycles. The standard InChI is InChI=1S/C26H38N6S/c1-20-13-17-31(18-14-20)23-19-24(32-16-7-6-9-21(32)2)29-25(28-23)30-26(33)27-15-8-12-22-10-4-3-5-11-22/h3-5,10-11,19-21H,6-9,12-18H2,1-2H3,(H2,27,28,29,30,33). The summed E-state index contributed by atoms with van der Waals surface area (Å²) in [6, 6.07) is 13.2. The van der Waals surface area contributed by atoms with E-state index in [0.29, 0.717) is 17.1 Å². The van der Waals surface area contributed by atoms with Crippen molar-refractivity contribution in [3.8, 4) is 0 Å². The molecule has 1 unspecified atom stereocenters. The predicted octanol–water partition coefficient (Wildman–Crippen LogP) is 5.01. The summed E-state index contributed by atoms with van der Waals surface area (Å²) in [6.45, 7) is 8.61. The second-order valence-corrected chi connectivity index (χ2v) is 9.99. The third kappa shape index (κ3) is 6.79. The lowest BCUT2D eigenvalue weighted by molar-refractivity contribution is 0.436. The molecular formula is C26H38N6S. The molecule has 1 aromatic heterocycles. The summed E-state index contributed by atoms with van der Waals surface area (Å²) >= 11 is 5.57.